The molecule has 8 heteroatoms. The fraction of sp³-hybridized carbons (Fsp3) is 0.650. The highest BCUT2D eigenvalue weighted by Gasteiger charge is 2.29. The van der Waals surface area contributed by atoms with Crippen LogP contribution in [0.5, 0.6) is 0 Å². The van der Waals surface area contributed by atoms with Crippen LogP contribution in [0.2, 0.25) is 0 Å². The van der Waals surface area contributed by atoms with Crippen molar-refractivity contribution in [2.75, 3.05) is 37.8 Å². The molecule has 2 heterocycles. The van der Waals surface area contributed by atoms with Gasteiger partial charge in [-0.3, -0.25) is 0 Å². The van der Waals surface area contributed by atoms with Crippen LogP contribution in [0.25, 0.3) is 0 Å². The molecule has 2 aliphatic rings. The summed E-state index contributed by atoms with van der Waals surface area (Å²) < 4.78 is 30.9. The number of rotatable bonds is 5. The number of nitrogens with one attached hydrogen (secondary N) is 1. The summed E-state index contributed by atoms with van der Waals surface area (Å²) in [4.78, 5) is 14.4. The smallest absolute Gasteiger partial charge is 0.321 e. The van der Waals surface area contributed by atoms with Crippen molar-refractivity contribution in [3.05, 3.63) is 29.8 Å². The largest absolute Gasteiger partial charge is 0.375 e. The molecule has 0 atom stereocenters. The van der Waals surface area contributed by atoms with E-state index in [9.17, 15) is 13.2 Å². The van der Waals surface area contributed by atoms with Gasteiger partial charge in [0.15, 0.2) is 0 Å². The van der Waals surface area contributed by atoms with Gasteiger partial charge in [-0.25, -0.2) is 17.5 Å². The van der Waals surface area contributed by atoms with Crippen LogP contribution in [0.4, 0.5) is 10.5 Å². The molecule has 1 N–H and O–H groups in total. The summed E-state index contributed by atoms with van der Waals surface area (Å²) in [6.07, 6.45) is 5.49. The number of sulfonamides is 1. The number of ether oxygens (including phenoxy) is 1. The zero-order valence-electron chi connectivity index (χ0n) is 16.8. The lowest BCUT2D eigenvalue weighted by Crippen LogP contribution is -2.45. The van der Waals surface area contributed by atoms with Crippen LogP contribution in [0, 0.1) is 0 Å². The molecule has 7 nitrogen and oxygen atoms in total. The van der Waals surface area contributed by atoms with Gasteiger partial charge >= 0.3 is 6.03 Å². The van der Waals surface area contributed by atoms with Crippen LogP contribution in [-0.2, 0) is 21.2 Å². The summed E-state index contributed by atoms with van der Waals surface area (Å²) >= 11 is 0. The van der Waals surface area contributed by atoms with Crippen molar-refractivity contribution in [3.8, 4) is 0 Å². The number of urea groups is 1. The number of para-hydroxylation sites is 1. The molecule has 0 saturated carbocycles. The van der Waals surface area contributed by atoms with Crippen LogP contribution in [0.3, 0.4) is 0 Å². The summed E-state index contributed by atoms with van der Waals surface area (Å²) in [5.41, 5.74) is 2.01. The molecule has 0 unspecified atom stereocenters. The number of hydrogen-bond donors (Lipinski definition) is 1. The summed E-state index contributed by atoms with van der Waals surface area (Å²) in [5.74, 6) is 0. The monoisotopic (exact) mass is 409 g/mol. The molecular formula is C20H31N3O4S. The van der Waals surface area contributed by atoms with Gasteiger partial charge in [0, 0.05) is 31.9 Å². The van der Waals surface area contributed by atoms with Gasteiger partial charge < -0.3 is 15.0 Å². The Morgan fingerprint density at radius 3 is 2.21 bits per heavy atom. The molecule has 28 heavy (non-hydrogen) atoms. The Kier molecular flexibility index (Phi) is 6.95. The summed E-state index contributed by atoms with van der Waals surface area (Å²) in [6, 6.07) is 7.84. The second kappa shape index (κ2) is 9.24. The van der Waals surface area contributed by atoms with E-state index >= 15 is 0 Å². The van der Waals surface area contributed by atoms with Gasteiger partial charge in [0.25, 0.3) is 0 Å². The number of anilines is 1. The minimum atomic E-state index is -3.10. The van der Waals surface area contributed by atoms with E-state index in [4.69, 9.17) is 4.74 Å². The molecule has 2 amide bonds. The van der Waals surface area contributed by atoms with Crippen molar-refractivity contribution in [3.63, 3.8) is 0 Å². The average molecular weight is 410 g/mol. The molecule has 0 aliphatic carbocycles. The van der Waals surface area contributed by atoms with Crippen molar-refractivity contribution in [2.24, 2.45) is 0 Å². The summed E-state index contributed by atoms with van der Waals surface area (Å²) in [7, 11) is -3.10. The minimum absolute atomic E-state index is 0.0548. The topological polar surface area (TPSA) is 79.0 Å². The molecule has 0 radical (unpaired) electrons. The molecule has 1 aromatic carbocycles. The molecule has 3 rings (SSSR count). The second-order valence-corrected chi connectivity index (χ2v) is 9.61. The van der Waals surface area contributed by atoms with Gasteiger partial charge in [-0.1, -0.05) is 25.1 Å². The summed E-state index contributed by atoms with van der Waals surface area (Å²) in [6.45, 7) is 4.48. The molecule has 1 aromatic rings. The minimum Gasteiger partial charge on any atom is -0.375 e. The maximum absolute atomic E-state index is 12.6. The van der Waals surface area contributed by atoms with Gasteiger partial charge in [0.05, 0.1) is 18.5 Å². The van der Waals surface area contributed by atoms with E-state index in [2.05, 4.69) is 12.2 Å². The van der Waals surface area contributed by atoms with Crippen LogP contribution in [-0.4, -0.2) is 68.3 Å². The fourth-order valence-electron chi connectivity index (χ4n) is 3.91. The molecule has 2 saturated heterocycles. The lowest BCUT2D eigenvalue weighted by molar-refractivity contribution is -0.0542. The number of aryl methyl sites for hydroxylation is 1. The van der Waals surface area contributed by atoms with Crippen LogP contribution in [0.1, 0.15) is 38.2 Å². The van der Waals surface area contributed by atoms with Gasteiger partial charge in [0.1, 0.15) is 0 Å². The highest BCUT2D eigenvalue weighted by atomic mass is 32.2. The van der Waals surface area contributed by atoms with Crippen molar-refractivity contribution in [1.82, 2.24) is 9.21 Å². The molecular weight excluding hydrogens is 378 g/mol. The first-order valence-electron chi connectivity index (χ1n) is 10.1. The number of amides is 2. The Labute approximate surface area is 168 Å². The number of likely N-dealkylation sites (tertiary alicyclic amines) is 1. The van der Waals surface area contributed by atoms with E-state index in [0.717, 1.165) is 43.4 Å². The lowest BCUT2D eigenvalue weighted by atomic mass is 10.1. The number of carbonyl (C=O) groups is 1. The van der Waals surface area contributed by atoms with Gasteiger partial charge in [0.2, 0.25) is 10.0 Å². The molecule has 0 spiro atoms. The maximum Gasteiger partial charge on any atom is 0.321 e. The van der Waals surface area contributed by atoms with Crippen molar-refractivity contribution in [1.29, 1.82) is 0 Å². The van der Waals surface area contributed by atoms with Gasteiger partial charge in [-0.05, 0) is 43.7 Å². The molecule has 2 aliphatic heterocycles. The zero-order valence-corrected chi connectivity index (χ0v) is 17.6. The van der Waals surface area contributed by atoms with E-state index < -0.39 is 10.0 Å². The number of hydrogen-bond acceptors (Lipinski definition) is 4. The first-order chi connectivity index (χ1) is 13.4. The SMILES string of the molecule is CCc1ccccc1NC(=O)N1CCC(OC2CCN(S(C)(=O)=O)CC2)CC1. The quantitative estimate of drug-likeness (QED) is 0.811. The Hall–Kier alpha value is -1.64. The first-order valence-corrected chi connectivity index (χ1v) is 12.0. The third-order valence-corrected chi connectivity index (χ3v) is 6.93. The highest BCUT2D eigenvalue weighted by Crippen LogP contribution is 2.23. The number of carbonyl (C=O) groups excluding carboxylic acids is 1. The molecule has 156 valence electrons. The zero-order chi connectivity index (χ0) is 20.1. The molecule has 0 bridgehead atoms. The van der Waals surface area contributed by atoms with E-state index in [1.54, 1.807) is 0 Å². The first kappa shape index (κ1) is 21.1. The van der Waals surface area contributed by atoms with Gasteiger partial charge in [-0.2, -0.15) is 0 Å². The maximum atomic E-state index is 12.6. The Morgan fingerprint density at radius 1 is 1.07 bits per heavy atom. The normalized spacial score (nSPS) is 20.3. The predicted octanol–water partition coefficient (Wildman–Crippen LogP) is 2.69. The molecule has 0 aromatic heterocycles. The predicted molar refractivity (Wildman–Crippen MR) is 110 cm³/mol. The Balaban J connectivity index is 1.43. The Morgan fingerprint density at radius 2 is 1.64 bits per heavy atom. The standard InChI is InChI=1S/C20H31N3O4S/c1-3-16-6-4-5-7-19(16)21-20(24)22-12-8-17(9-13-22)27-18-10-14-23(15-11-18)28(2,25)26/h4-7,17-18H,3,8-15H2,1-2H3,(H,21,24). The van der Waals surface area contributed by atoms with E-state index in [-0.39, 0.29) is 18.2 Å². The van der Waals surface area contributed by atoms with Crippen LogP contribution >= 0.6 is 0 Å². The third-order valence-electron chi connectivity index (χ3n) is 5.62. The van der Waals surface area contributed by atoms with Crippen molar-refractivity contribution in [2.45, 2.75) is 51.2 Å². The summed E-state index contributed by atoms with van der Waals surface area (Å²) in [5, 5.41) is 3.03. The molecule has 2 fully saturated rings. The van der Waals surface area contributed by atoms with E-state index in [1.165, 1.54) is 10.6 Å². The van der Waals surface area contributed by atoms with Crippen molar-refractivity contribution >= 4 is 21.7 Å². The van der Waals surface area contributed by atoms with Crippen LogP contribution < -0.4 is 5.32 Å². The van der Waals surface area contributed by atoms with Crippen LogP contribution in [0.15, 0.2) is 24.3 Å². The van der Waals surface area contributed by atoms with Crippen molar-refractivity contribution < 1.29 is 17.9 Å². The average Bonchev–Trinajstić information content (AvgIpc) is 2.68. The number of piperidine rings is 2. The lowest BCUT2D eigenvalue weighted by Gasteiger charge is -2.36. The van der Waals surface area contributed by atoms with E-state index in [0.29, 0.717) is 26.2 Å². The van der Waals surface area contributed by atoms with Gasteiger partial charge in [-0.15, -0.1) is 0 Å². The fourth-order valence-corrected chi connectivity index (χ4v) is 4.79. The van der Waals surface area contributed by atoms with E-state index in [1.807, 2.05) is 29.2 Å². The number of benzene rings is 1. The second-order valence-electron chi connectivity index (χ2n) is 7.62. The highest BCUT2D eigenvalue weighted by molar-refractivity contribution is 7.88. The third kappa shape index (κ3) is 5.46. The Bertz CT molecular complexity index is 767. The number of nitrogens with zero attached hydrogens (tertiary/aromatic N) is 2.